The van der Waals surface area contributed by atoms with Gasteiger partial charge in [-0.3, -0.25) is 29.2 Å². The molecular weight excluding hydrogens is 698 g/mol. The van der Waals surface area contributed by atoms with Gasteiger partial charge in [0.25, 0.3) is 11.6 Å². The Morgan fingerprint density at radius 2 is 1.77 bits per heavy atom. The highest BCUT2D eigenvalue weighted by molar-refractivity contribution is 5.97. The highest BCUT2D eigenvalue weighted by atomic mass is 16.8. The lowest BCUT2D eigenvalue weighted by atomic mass is 10.0. The van der Waals surface area contributed by atoms with E-state index in [1.54, 1.807) is 0 Å². The molecular formula is C36H41N3O14. The Morgan fingerprint density at radius 1 is 1.00 bits per heavy atom. The van der Waals surface area contributed by atoms with Gasteiger partial charge in [0.15, 0.2) is 0 Å². The zero-order valence-electron chi connectivity index (χ0n) is 29.3. The fraction of sp³-hybridized carbons (Fsp3) is 0.472. The molecule has 2 aliphatic rings. The minimum atomic E-state index is -2.05. The average Bonchev–Trinajstić information content (AvgIpc) is 3.12. The van der Waals surface area contributed by atoms with Crippen LogP contribution in [-0.2, 0) is 44.7 Å². The number of hydrogen-bond donors (Lipinski definition) is 2. The lowest BCUT2D eigenvalue weighted by Gasteiger charge is -2.37. The average molecular weight is 740 g/mol. The number of benzene rings is 2. The van der Waals surface area contributed by atoms with Gasteiger partial charge in [-0.25, -0.2) is 9.59 Å². The van der Waals surface area contributed by atoms with E-state index >= 15 is 0 Å². The highest BCUT2D eigenvalue weighted by Gasteiger charge is 2.49. The normalized spacial score (nSPS) is 19.4. The first-order valence-electron chi connectivity index (χ1n) is 17.0. The molecule has 1 aliphatic heterocycles. The summed E-state index contributed by atoms with van der Waals surface area (Å²) in [5.74, 6) is 1.38. The molecule has 1 fully saturated rings. The van der Waals surface area contributed by atoms with Gasteiger partial charge in [-0.05, 0) is 55.5 Å². The fourth-order valence-corrected chi connectivity index (χ4v) is 5.37. The summed E-state index contributed by atoms with van der Waals surface area (Å²) in [4.78, 5) is 72.9. The second-order valence-corrected chi connectivity index (χ2v) is 11.9. The predicted molar refractivity (Wildman–Crippen MR) is 182 cm³/mol. The molecule has 2 amide bonds. The Hall–Kier alpha value is -5.73. The van der Waals surface area contributed by atoms with Crippen molar-refractivity contribution in [2.75, 3.05) is 26.8 Å². The molecule has 2 aromatic carbocycles. The zero-order chi connectivity index (χ0) is 38.2. The Labute approximate surface area is 305 Å². The van der Waals surface area contributed by atoms with Crippen LogP contribution in [0, 0.1) is 22.0 Å². The lowest BCUT2D eigenvalue weighted by Crippen LogP contribution is -2.52. The molecule has 2 aromatic rings. The van der Waals surface area contributed by atoms with Gasteiger partial charge in [0.05, 0.1) is 17.6 Å². The third-order valence-corrected chi connectivity index (χ3v) is 7.90. The Bertz CT molecular complexity index is 1700. The van der Waals surface area contributed by atoms with Crippen molar-refractivity contribution in [1.82, 2.24) is 10.6 Å². The van der Waals surface area contributed by atoms with Gasteiger partial charge in [0, 0.05) is 51.4 Å². The van der Waals surface area contributed by atoms with Crippen LogP contribution in [-0.4, -0.2) is 79.8 Å². The number of hydrogen-bond acceptors (Lipinski definition) is 14. The smallest absolute Gasteiger partial charge is 0.464 e. The van der Waals surface area contributed by atoms with Crippen LogP contribution in [0.5, 0.6) is 11.5 Å². The highest BCUT2D eigenvalue weighted by Crippen LogP contribution is 2.34. The van der Waals surface area contributed by atoms with E-state index in [0.717, 1.165) is 58.3 Å². The van der Waals surface area contributed by atoms with Gasteiger partial charge in [-0.15, -0.1) is 5.92 Å². The minimum Gasteiger partial charge on any atom is -0.464 e. The van der Waals surface area contributed by atoms with E-state index in [-0.39, 0.29) is 73.9 Å². The van der Waals surface area contributed by atoms with Crippen molar-refractivity contribution in [2.24, 2.45) is 0 Å². The number of non-ortho nitro benzene ring substituents is 1. The molecule has 0 bridgehead atoms. The number of carbonyl (C=O) groups excluding carboxylic acids is 5. The summed E-state index contributed by atoms with van der Waals surface area (Å²) in [5.41, 5.74) is 0.142. The summed E-state index contributed by atoms with van der Waals surface area (Å²) in [7, 11) is 1.12. The van der Waals surface area contributed by atoms with E-state index in [9.17, 15) is 34.1 Å². The van der Waals surface area contributed by atoms with Gasteiger partial charge in [0.2, 0.25) is 12.2 Å². The monoisotopic (exact) mass is 739 g/mol. The first-order chi connectivity index (χ1) is 25.5. The molecule has 0 radical (unpaired) electrons. The van der Waals surface area contributed by atoms with E-state index in [2.05, 4.69) is 22.5 Å². The number of carbonyl (C=O) groups is 5. The van der Waals surface area contributed by atoms with E-state index < -0.39 is 41.0 Å². The predicted octanol–water partition coefficient (Wildman–Crippen LogP) is 3.85. The summed E-state index contributed by atoms with van der Waals surface area (Å²) in [6, 6.07) is 9.14. The third-order valence-electron chi connectivity index (χ3n) is 7.90. The van der Waals surface area contributed by atoms with Gasteiger partial charge in [-0.1, -0.05) is 18.4 Å². The number of ether oxygens (including phenoxy) is 7. The van der Waals surface area contributed by atoms with E-state index in [1.165, 1.54) is 30.3 Å². The van der Waals surface area contributed by atoms with Crippen LogP contribution in [0.2, 0.25) is 0 Å². The summed E-state index contributed by atoms with van der Waals surface area (Å²) >= 11 is 0. The molecule has 1 saturated heterocycles. The molecule has 0 aromatic heterocycles. The van der Waals surface area contributed by atoms with Gasteiger partial charge >= 0.3 is 23.9 Å². The molecule has 17 nitrogen and oxygen atoms in total. The number of methoxy groups -OCH3 is 1. The van der Waals surface area contributed by atoms with Gasteiger partial charge < -0.3 is 39.1 Å². The quantitative estimate of drug-likeness (QED) is 0.0505. The first-order valence-corrected chi connectivity index (χ1v) is 17.0. The summed E-state index contributed by atoms with van der Waals surface area (Å²) in [6.07, 6.45) is 2.73. The first kappa shape index (κ1) is 40.0. The van der Waals surface area contributed by atoms with Gasteiger partial charge in [-0.2, -0.15) is 0 Å². The van der Waals surface area contributed by atoms with Crippen LogP contribution in [0.1, 0.15) is 74.2 Å². The maximum absolute atomic E-state index is 13.5. The second kappa shape index (κ2) is 19.8. The fourth-order valence-electron chi connectivity index (χ4n) is 5.37. The molecule has 53 heavy (non-hydrogen) atoms. The van der Waals surface area contributed by atoms with Crippen molar-refractivity contribution in [3.63, 3.8) is 0 Å². The van der Waals surface area contributed by atoms with Crippen molar-refractivity contribution in [2.45, 2.75) is 83.1 Å². The molecule has 2 N–H and O–H groups in total. The van der Waals surface area contributed by atoms with Crippen molar-refractivity contribution in [1.29, 1.82) is 0 Å². The van der Waals surface area contributed by atoms with E-state index in [0.29, 0.717) is 12.0 Å². The zero-order valence-corrected chi connectivity index (χ0v) is 29.3. The van der Waals surface area contributed by atoms with E-state index in [4.69, 9.17) is 33.2 Å². The molecule has 284 valence electrons. The molecule has 3 atom stereocenters. The molecule has 17 heteroatoms. The topological polar surface area (TPSA) is 217 Å². The number of nitrogens with zero attached hydrogens (tertiary/aromatic N) is 1. The standard InChI is InChI=1S/C36H41N3O14/c1-24(40)52-36(34(43)47-2)18-8-11-32(53-36)51-30-17-12-25(22-49-35(44)50-28-15-13-26(14-16-28)39(45)46)21-29(30)33(42)38-20-19-37-31(41)23-48-27-9-6-4-3-5-7-10-27/h12-17,21,27,32H,3-6,8-9,11,18-20,22-23H2,1-2H3,(H,37,41)(H,38,42). The molecule has 1 heterocycles. The van der Waals surface area contributed by atoms with Crippen LogP contribution in [0.4, 0.5) is 10.5 Å². The summed E-state index contributed by atoms with van der Waals surface area (Å²) in [6.45, 7) is 0.695. The van der Waals surface area contributed by atoms with Crippen molar-refractivity contribution < 1.29 is 62.1 Å². The summed E-state index contributed by atoms with van der Waals surface area (Å²) < 4.78 is 37.8. The minimum absolute atomic E-state index is 0.0147. The largest absolute Gasteiger partial charge is 0.514 e. The maximum atomic E-state index is 13.5. The van der Waals surface area contributed by atoms with Crippen molar-refractivity contribution in [3.05, 3.63) is 63.7 Å². The SMILES string of the molecule is COC(=O)C1(OC(C)=O)CCCC(Oc2ccc(COC(=O)Oc3ccc([N+](=O)[O-])cc3)cc2C(=O)NCCNC(=O)COC2C#CCCCCC2)O1. The van der Waals surface area contributed by atoms with Crippen LogP contribution in [0.3, 0.4) is 0 Å². The van der Waals surface area contributed by atoms with Crippen LogP contribution in [0.25, 0.3) is 0 Å². The van der Waals surface area contributed by atoms with Crippen molar-refractivity contribution >= 4 is 35.6 Å². The maximum Gasteiger partial charge on any atom is 0.514 e. The Balaban J connectivity index is 1.41. The Kier molecular flexibility index (Phi) is 14.9. The third kappa shape index (κ3) is 12.5. The Morgan fingerprint density at radius 3 is 2.51 bits per heavy atom. The number of nitro groups is 1. The van der Waals surface area contributed by atoms with Crippen LogP contribution < -0.4 is 20.1 Å². The summed E-state index contributed by atoms with van der Waals surface area (Å²) in [5, 5.41) is 16.3. The lowest BCUT2D eigenvalue weighted by molar-refractivity contribution is -0.384. The number of nitro benzene ring substituents is 1. The van der Waals surface area contributed by atoms with Crippen LogP contribution >= 0.6 is 0 Å². The number of rotatable bonds is 15. The van der Waals surface area contributed by atoms with Crippen LogP contribution in [0.15, 0.2) is 42.5 Å². The molecule has 4 rings (SSSR count). The molecule has 0 spiro atoms. The number of nitrogens with one attached hydrogen (secondary N) is 2. The second-order valence-electron chi connectivity index (χ2n) is 11.9. The molecule has 0 saturated carbocycles. The molecule has 3 unspecified atom stereocenters. The number of amides is 2. The van der Waals surface area contributed by atoms with Gasteiger partial charge in [0.1, 0.15) is 30.8 Å². The van der Waals surface area contributed by atoms with Crippen molar-refractivity contribution in [3.8, 4) is 23.3 Å². The molecule has 1 aliphatic carbocycles. The number of esters is 2. The van der Waals surface area contributed by atoms with E-state index in [1.807, 2.05) is 0 Å².